The highest BCUT2D eigenvalue weighted by atomic mass is 35.5. The van der Waals surface area contributed by atoms with Crippen molar-refractivity contribution in [3.05, 3.63) is 59.1 Å². The molecular formula is C16H11Cl3N2. The summed E-state index contributed by atoms with van der Waals surface area (Å²) < 4.78 is 0. The van der Waals surface area contributed by atoms with Gasteiger partial charge in [0.1, 0.15) is 4.84 Å². The van der Waals surface area contributed by atoms with Crippen LogP contribution in [0, 0.1) is 0 Å². The molecule has 0 unspecified atom stereocenters. The van der Waals surface area contributed by atoms with Crippen molar-refractivity contribution < 1.29 is 0 Å². The first kappa shape index (κ1) is 14.6. The van der Waals surface area contributed by atoms with Crippen LogP contribution in [-0.4, -0.2) is 16.3 Å². The van der Waals surface area contributed by atoms with Gasteiger partial charge in [-0.15, -0.1) is 0 Å². The van der Waals surface area contributed by atoms with Crippen LogP contribution < -0.4 is 0 Å². The number of alkyl halides is 2. The van der Waals surface area contributed by atoms with Crippen molar-refractivity contribution in [3.63, 3.8) is 0 Å². The van der Waals surface area contributed by atoms with Gasteiger partial charge < -0.3 is 0 Å². The standard InChI is InChI=1S/C16H11Cl3N2/c17-11-7-5-10(6-8-11)14-9-15(16(18)19)21-13-4-2-1-3-12(13)20-14/h1-8,16H,9H2. The molecule has 0 radical (unpaired) electrons. The molecule has 3 rings (SSSR count). The Hall–Kier alpha value is -1.35. The molecule has 0 bridgehead atoms. The zero-order valence-corrected chi connectivity index (χ0v) is 13.2. The molecule has 0 aliphatic carbocycles. The first-order chi connectivity index (χ1) is 10.1. The Morgan fingerprint density at radius 2 is 1.48 bits per heavy atom. The summed E-state index contributed by atoms with van der Waals surface area (Å²) in [7, 11) is 0. The number of benzene rings is 2. The lowest BCUT2D eigenvalue weighted by atomic mass is 10.1. The molecule has 1 heterocycles. The van der Waals surface area contributed by atoms with Crippen LogP contribution in [0.1, 0.15) is 12.0 Å². The Bertz CT molecular complexity index is 719. The number of halogens is 3. The lowest BCUT2D eigenvalue weighted by molar-refractivity contribution is 1.41. The van der Waals surface area contributed by atoms with E-state index >= 15 is 0 Å². The van der Waals surface area contributed by atoms with Gasteiger partial charge in [0.25, 0.3) is 0 Å². The third kappa shape index (κ3) is 3.29. The molecule has 2 aromatic carbocycles. The van der Waals surface area contributed by atoms with Crippen LogP contribution in [0.2, 0.25) is 5.02 Å². The van der Waals surface area contributed by atoms with Crippen LogP contribution in [-0.2, 0) is 0 Å². The van der Waals surface area contributed by atoms with Crippen LogP contribution in [0.15, 0.2) is 58.5 Å². The summed E-state index contributed by atoms with van der Waals surface area (Å²) in [4.78, 5) is 8.60. The van der Waals surface area contributed by atoms with Gasteiger partial charge in [0.05, 0.1) is 22.8 Å². The van der Waals surface area contributed by atoms with Gasteiger partial charge in [-0.25, -0.2) is 0 Å². The minimum atomic E-state index is -0.659. The van der Waals surface area contributed by atoms with Gasteiger partial charge >= 0.3 is 0 Å². The van der Waals surface area contributed by atoms with E-state index in [-0.39, 0.29) is 0 Å². The maximum atomic E-state index is 6.03. The molecule has 0 spiro atoms. The summed E-state index contributed by atoms with van der Waals surface area (Å²) in [6.45, 7) is 0. The summed E-state index contributed by atoms with van der Waals surface area (Å²) in [5.74, 6) is 0. The number of rotatable bonds is 2. The smallest absolute Gasteiger partial charge is 0.146 e. The number of nitrogens with zero attached hydrogens (tertiary/aromatic N) is 2. The maximum Gasteiger partial charge on any atom is 0.146 e. The summed E-state index contributed by atoms with van der Waals surface area (Å²) in [5, 5.41) is 0.690. The first-order valence-electron chi connectivity index (χ1n) is 6.41. The Morgan fingerprint density at radius 1 is 0.857 bits per heavy atom. The second-order valence-corrected chi connectivity index (χ2v) is 6.17. The molecule has 0 fully saturated rings. The molecule has 2 aromatic rings. The quantitative estimate of drug-likeness (QED) is 0.624. The summed E-state index contributed by atoms with van der Waals surface area (Å²) in [6.07, 6.45) is 0.508. The predicted molar refractivity (Wildman–Crippen MR) is 91.3 cm³/mol. The molecule has 2 nitrogen and oxygen atoms in total. The molecule has 0 amide bonds. The van der Waals surface area contributed by atoms with Crippen LogP contribution in [0.25, 0.3) is 0 Å². The van der Waals surface area contributed by atoms with Crippen LogP contribution >= 0.6 is 34.8 Å². The van der Waals surface area contributed by atoms with Gasteiger partial charge in [-0.2, -0.15) is 0 Å². The second kappa shape index (κ2) is 6.18. The highest BCUT2D eigenvalue weighted by molar-refractivity contribution is 6.55. The van der Waals surface area contributed by atoms with E-state index in [1.807, 2.05) is 48.5 Å². The van der Waals surface area contributed by atoms with Crippen molar-refractivity contribution in [1.82, 2.24) is 0 Å². The lowest BCUT2D eigenvalue weighted by Gasteiger charge is -2.08. The molecular weight excluding hydrogens is 327 g/mol. The van der Waals surface area contributed by atoms with Crippen molar-refractivity contribution in [1.29, 1.82) is 0 Å². The zero-order valence-electron chi connectivity index (χ0n) is 10.9. The van der Waals surface area contributed by atoms with E-state index in [0.29, 0.717) is 17.2 Å². The topological polar surface area (TPSA) is 24.7 Å². The molecule has 0 saturated carbocycles. The lowest BCUT2D eigenvalue weighted by Crippen LogP contribution is -2.14. The molecule has 0 aromatic heterocycles. The van der Waals surface area contributed by atoms with E-state index in [0.717, 1.165) is 22.6 Å². The van der Waals surface area contributed by atoms with E-state index in [1.165, 1.54) is 0 Å². The molecule has 0 saturated heterocycles. The molecule has 5 heteroatoms. The molecule has 21 heavy (non-hydrogen) atoms. The minimum Gasteiger partial charge on any atom is -0.252 e. The highest BCUT2D eigenvalue weighted by Crippen LogP contribution is 2.33. The maximum absolute atomic E-state index is 6.03. The highest BCUT2D eigenvalue weighted by Gasteiger charge is 2.18. The Labute approximate surface area is 138 Å². The van der Waals surface area contributed by atoms with Crippen molar-refractivity contribution >= 4 is 57.6 Å². The Balaban J connectivity index is 2.11. The molecule has 0 atom stereocenters. The molecule has 0 N–H and O–H groups in total. The molecule has 106 valence electrons. The number of aliphatic imine (C=N–C) groups is 2. The first-order valence-corrected chi connectivity index (χ1v) is 7.67. The normalized spacial score (nSPS) is 14.3. The largest absolute Gasteiger partial charge is 0.252 e. The number of para-hydroxylation sites is 2. The third-order valence-corrected chi connectivity index (χ3v) is 3.93. The van der Waals surface area contributed by atoms with Crippen molar-refractivity contribution in [2.75, 3.05) is 0 Å². The predicted octanol–water partition coefficient (Wildman–Crippen LogP) is 5.74. The van der Waals surface area contributed by atoms with Crippen molar-refractivity contribution in [3.8, 4) is 0 Å². The fourth-order valence-corrected chi connectivity index (χ4v) is 2.52. The minimum absolute atomic E-state index is 0.508. The third-order valence-electron chi connectivity index (χ3n) is 3.18. The van der Waals surface area contributed by atoms with Crippen LogP contribution in [0.5, 0.6) is 0 Å². The average Bonchev–Trinajstić information content (AvgIpc) is 2.67. The summed E-state index contributed by atoms with van der Waals surface area (Å²) >= 11 is 18.0. The second-order valence-electron chi connectivity index (χ2n) is 4.63. The summed E-state index contributed by atoms with van der Waals surface area (Å²) in [6, 6.07) is 15.2. The van der Waals surface area contributed by atoms with Crippen molar-refractivity contribution in [2.45, 2.75) is 11.3 Å². The van der Waals surface area contributed by atoms with Gasteiger partial charge in [-0.1, -0.05) is 59.1 Å². The number of fused-ring (bicyclic) bond motifs is 1. The van der Waals surface area contributed by atoms with E-state index in [9.17, 15) is 0 Å². The van der Waals surface area contributed by atoms with E-state index < -0.39 is 4.84 Å². The Kier molecular flexibility index (Phi) is 4.29. The van der Waals surface area contributed by atoms with Crippen LogP contribution in [0.4, 0.5) is 11.4 Å². The zero-order chi connectivity index (χ0) is 14.8. The number of hydrogen-bond acceptors (Lipinski definition) is 2. The van der Waals surface area contributed by atoms with Crippen molar-refractivity contribution in [2.24, 2.45) is 9.98 Å². The van der Waals surface area contributed by atoms with E-state index in [4.69, 9.17) is 39.8 Å². The average molecular weight is 338 g/mol. The molecule has 1 aliphatic rings. The van der Waals surface area contributed by atoms with E-state index in [1.54, 1.807) is 0 Å². The number of hydrogen-bond donors (Lipinski definition) is 0. The van der Waals surface area contributed by atoms with Gasteiger partial charge in [-0.05, 0) is 29.8 Å². The molecule has 1 aliphatic heterocycles. The Morgan fingerprint density at radius 3 is 2.10 bits per heavy atom. The fourth-order valence-electron chi connectivity index (χ4n) is 2.14. The van der Waals surface area contributed by atoms with Gasteiger partial charge in [0.2, 0.25) is 0 Å². The fraction of sp³-hybridized carbons (Fsp3) is 0.125. The van der Waals surface area contributed by atoms with Gasteiger partial charge in [0.15, 0.2) is 0 Å². The monoisotopic (exact) mass is 336 g/mol. The van der Waals surface area contributed by atoms with E-state index in [2.05, 4.69) is 4.99 Å². The van der Waals surface area contributed by atoms with Gasteiger partial charge in [0, 0.05) is 11.4 Å². The van der Waals surface area contributed by atoms with Gasteiger partial charge in [-0.3, -0.25) is 9.98 Å². The summed E-state index contributed by atoms with van der Waals surface area (Å²) in [5.41, 5.74) is 4.14. The van der Waals surface area contributed by atoms with Crippen LogP contribution in [0.3, 0.4) is 0 Å². The SMILES string of the molecule is Clc1ccc(C2=Nc3ccccc3N=C(C(Cl)Cl)C2)cc1.